The number of carboxylic acid groups (broad SMARTS) is 1. The van der Waals surface area contributed by atoms with Gasteiger partial charge in [-0.3, -0.25) is 4.79 Å². The molecule has 146 valence electrons. The predicted molar refractivity (Wildman–Crippen MR) is 106 cm³/mol. The summed E-state index contributed by atoms with van der Waals surface area (Å²) < 4.78 is 18.1. The fourth-order valence-electron chi connectivity index (χ4n) is 3.13. The standard InChI is InChI=1S/C20H28BNO5/c1-13(21-26-19(2,3)20(4,5)27-21)10-14-6-8-17-16(11-14)22-12-15(25-17)7-9-18(23)24/h6,8,10-11,15,22H,7,9,12H2,1-5H3,(H,23,24). The zero-order chi connectivity index (χ0) is 19.8. The number of hydrogen-bond acceptors (Lipinski definition) is 5. The fourth-order valence-corrected chi connectivity index (χ4v) is 3.13. The molecule has 0 aromatic heterocycles. The molecule has 1 aromatic rings. The Balaban J connectivity index is 1.69. The number of nitrogens with one attached hydrogen (secondary N) is 1. The van der Waals surface area contributed by atoms with E-state index in [1.807, 2.05) is 52.8 Å². The van der Waals surface area contributed by atoms with E-state index in [1.165, 1.54) is 0 Å². The van der Waals surface area contributed by atoms with E-state index < -0.39 is 5.97 Å². The molecular formula is C20H28BNO5. The Morgan fingerprint density at radius 3 is 2.59 bits per heavy atom. The van der Waals surface area contributed by atoms with Crippen LogP contribution in [0.3, 0.4) is 0 Å². The minimum absolute atomic E-state index is 0.107. The molecule has 2 heterocycles. The molecule has 0 amide bonds. The number of carbonyl (C=O) groups is 1. The van der Waals surface area contributed by atoms with Gasteiger partial charge in [0.2, 0.25) is 0 Å². The lowest BCUT2D eigenvalue weighted by Gasteiger charge is -2.32. The van der Waals surface area contributed by atoms with Crippen molar-refractivity contribution in [2.24, 2.45) is 0 Å². The van der Waals surface area contributed by atoms with E-state index in [4.69, 9.17) is 19.2 Å². The number of carboxylic acids is 1. The van der Waals surface area contributed by atoms with E-state index in [9.17, 15) is 4.79 Å². The number of anilines is 1. The SMILES string of the molecule is CC(=Cc1ccc2c(c1)NCC(CCC(=O)O)O2)B1OC(C)(C)C(C)(C)O1. The van der Waals surface area contributed by atoms with Crippen LogP contribution in [-0.2, 0) is 14.1 Å². The summed E-state index contributed by atoms with van der Waals surface area (Å²) in [7, 11) is -0.365. The van der Waals surface area contributed by atoms with E-state index in [0.29, 0.717) is 13.0 Å². The van der Waals surface area contributed by atoms with Crippen LogP contribution in [0.15, 0.2) is 23.7 Å². The van der Waals surface area contributed by atoms with Crippen molar-refractivity contribution in [2.75, 3.05) is 11.9 Å². The summed E-state index contributed by atoms with van der Waals surface area (Å²) in [5.41, 5.74) is 2.23. The molecule has 0 radical (unpaired) electrons. The fraction of sp³-hybridized carbons (Fsp3) is 0.550. The maximum absolute atomic E-state index is 10.7. The molecule has 0 saturated carbocycles. The molecule has 1 atom stereocenters. The Morgan fingerprint density at radius 1 is 1.30 bits per heavy atom. The van der Waals surface area contributed by atoms with E-state index in [0.717, 1.165) is 22.5 Å². The van der Waals surface area contributed by atoms with Gasteiger partial charge in [0.25, 0.3) is 0 Å². The van der Waals surface area contributed by atoms with Crippen LogP contribution in [0.4, 0.5) is 5.69 Å². The van der Waals surface area contributed by atoms with Gasteiger partial charge in [-0.25, -0.2) is 0 Å². The molecule has 1 aromatic carbocycles. The minimum Gasteiger partial charge on any atom is -0.486 e. The smallest absolute Gasteiger partial charge is 0.486 e. The number of allylic oxidation sites excluding steroid dienone is 1. The third kappa shape index (κ3) is 4.30. The zero-order valence-corrected chi connectivity index (χ0v) is 16.7. The Kier molecular flexibility index (Phi) is 5.28. The van der Waals surface area contributed by atoms with Crippen molar-refractivity contribution in [2.45, 2.75) is 64.8 Å². The van der Waals surface area contributed by atoms with Crippen molar-refractivity contribution in [1.82, 2.24) is 0 Å². The highest BCUT2D eigenvalue weighted by molar-refractivity contribution is 6.55. The summed E-state index contributed by atoms with van der Waals surface area (Å²) in [6.45, 7) is 10.8. The molecule has 1 unspecified atom stereocenters. The van der Waals surface area contributed by atoms with Gasteiger partial charge in [0.1, 0.15) is 11.9 Å². The second-order valence-corrected chi connectivity index (χ2v) is 8.29. The molecule has 1 fully saturated rings. The van der Waals surface area contributed by atoms with Crippen LogP contribution < -0.4 is 10.1 Å². The van der Waals surface area contributed by atoms with Crippen LogP contribution in [0.25, 0.3) is 6.08 Å². The first-order valence-corrected chi connectivity index (χ1v) is 9.37. The number of aliphatic carboxylic acids is 1. The van der Waals surface area contributed by atoms with E-state index in [2.05, 4.69) is 11.4 Å². The van der Waals surface area contributed by atoms with E-state index in [1.54, 1.807) is 0 Å². The average molecular weight is 373 g/mol. The summed E-state index contributed by atoms with van der Waals surface area (Å²) in [5.74, 6) is -0.0508. The molecular weight excluding hydrogens is 345 g/mol. The van der Waals surface area contributed by atoms with Crippen molar-refractivity contribution in [3.63, 3.8) is 0 Å². The second kappa shape index (κ2) is 7.21. The summed E-state index contributed by atoms with van der Waals surface area (Å²) in [6.07, 6.45) is 2.53. The molecule has 27 heavy (non-hydrogen) atoms. The maximum atomic E-state index is 10.7. The van der Waals surface area contributed by atoms with Crippen molar-refractivity contribution >= 4 is 24.9 Å². The van der Waals surface area contributed by atoms with E-state index in [-0.39, 0.29) is 30.8 Å². The van der Waals surface area contributed by atoms with Gasteiger partial charge in [-0.15, -0.1) is 0 Å². The number of fused-ring (bicyclic) bond motifs is 1. The number of benzene rings is 1. The quantitative estimate of drug-likeness (QED) is 0.766. The van der Waals surface area contributed by atoms with Crippen molar-refractivity contribution in [1.29, 1.82) is 0 Å². The van der Waals surface area contributed by atoms with Gasteiger partial charge in [0.05, 0.1) is 23.4 Å². The third-order valence-corrected chi connectivity index (χ3v) is 5.52. The first-order valence-electron chi connectivity index (χ1n) is 9.37. The highest BCUT2D eigenvalue weighted by Gasteiger charge is 2.51. The molecule has 0 aliphatic carbocycles. The summed E-state index contributed by atoms with van der Waals surface area (Å²) in [5, 5.41) is 12.1. The Labute approximate surface area is 161 Å². The van der Waals surface area contributed by atoms with Gasteiger partial charge in [0.15, 0.2) is 0 Å². The van der Waals surface area contributed by atoms with Crippen molar-refractivity contribution < 1.29 is 23.9 Å². The molecule has 7 heteroatoms. The highest BCUT2D eigenvalue weighted by Crippen LogP contribution is 2.39. The molecule has 2 aliphatic rings. The molecule has 6 nitrogen and oxygen atoms in total. The molecule has 1 saturated heterocycles. The van der Waals surface area contributed by atoms with Gasteiger partial charge >= 0.3 is 13.1 Å². The largest absolute Gasteiger partial charge is 0.490 e. The zero-order valence-electron chi connectivity index (χ0n) is 16.7. The van der Waals surface area contributed by atoms with Crippen molar-refractivity contribution in [3.05, 3.63) is 29.2 Å². The highest BCUT2D eigenvalue weighted by atomic mass is 16.7. The Bertz CT molecular complexity index is 743. The van der Waals surface area contributed by atoms with Crippen LogP contribution in [-0.4, -0.2) is 42.0 Å². The van der Waals surface area contributed by atoms with Crippen molar-refractivity contribution in [3.8, 4) is 5.75 Å². The molecule has 3 rings (SSSR count). The van der Waals surface area contributed by atoms with Gasteiger partial charge in [0, 0.05) is 6.42 Å². The van der Waals surface area contributed by atoms with Crippen LogP contribution in [0, 0.1) is 0 Å². The first-order chi connectivity index (χ1) is 12.6. The summed E-state index contributed by atoms with van der Waals surface area (Å²) in [4.78, 5) is 10.7. The first kappa shape index (κ1) is 19.8. The van der Waals surface area contributed by atoms with Gasteiger partial charge in [-0.1, -0.05) is 12.1 Å². The van der Waals surface area contributed by atoms with Gasteiger partial charge in [-0.05, 0) is 64.2 Å². The molecule has 2 N–H and O–H groups in total. The number of ether oxygens (including phenoxy) is 1. The lowest BCUT2D eigenvalue weighted by atomic mass is 9.78. The van der Waals surface area contributed by atoms with E-state index >= 15 is 0 Å². The average Bonchev–Trinajstić information content (AvgIpc) is 2.80. The maximum Gasteiger partial charge on any atom is 0.490 e. The third-order valence-electron chi connectivity index (χ3n) is 5.52. The summed E-state index contributed by atoms with van der Waals surface area (Å²) >= 11 is 0. The Morgan fingerprint density at radius 2 is 1.96 bits per heavy atom. The summed E-state index contributed by atoms with van der Waals surface area (Å²) in [6, 6.07) is 5.92. The Hall–Kier alpha value is -1.99. The number of hydrogen-bond donors (Lipinski definition) is 2. The predicted octanol–water partition coefficient (Wildman–Crippen LogP) is 3.76. The topological polar surface area (TPSA) is 77.0 Å². The monoisotopic (exact) mass is 373 g/mol. The van der Waals surface area contributed by atoms with Gasteiger partial charge < -0.3 is 24.5 Å². The lowest BCUT2D eigenvalue weighted by molar-refractivity contribution is -0.137. The second-order valence-electron chi connectivity index (χ2n) is 8.29. The molecule has 0 spiro atoms. The molecule has 0 bridgehead atoms. The van der Waals surface area contributed by atoms with Crippen LogP contribution >= 0.6 is 0 Å². The normalized spacial score (nSPS) is 23.4. The lowest BCUT2D eigenvalue weighted by Crippen LogP contribution is -2.41. The number of rotatable bonds is 5. The van der Waals surface area contributed by atoms with Crippen LogP contribution in [0.2, 0.25) is 0 Å². The molecule has 2 aliphatic heterocycles. The van der Waals surface area contributed by atoms with Crippen LogP contribution in [0.1, 0.15) is 53.0 Å². The minimum atomic E-state index is -0.803. The van der Waals surface area contributed by atoms with Gasteiger partial charge in [-0.2, -0.15) is 0 Å². The van der Waals surface area contributed by atoms with Crippen LogP contribution in [0.5, 0.6) is 5.75 Å².